The van der Waals surface area contributed by atoms with Crippen molar-refractivity contribution in [1.29, 1.82) is 0 Å². The van der Waals surface area contributed by atoms with E-state index in [1.807, 2.05) is 6.08 Å². The summed E-state index contributed by atoms with van der Waals surface area (Å²) < 4.78 is 0. The standard InChI is InChI=1S/C53H103NO4/c1-3-5-7-9-11-13-15-17-19-21-23-24-25-26-27-28-29-30-32-34-36-38-40-42-44-46-50(56)48-53(58)54-51(49-55)52(57)47-45-43-41-39-37-35-33-31-22-20-18-16-14-12-10-8-6-4-2/h37,39,45,47,50-52,55-57H,3-36,38,40-44,46,48-49H2,1-2H3,(H,54,58)/b39-37+,47-45+. The van der Waals surface area contributed by atoms with Crippen molar-refractivity contribution >= 4 is 5.91 Å². The van der Waals surface area contributed by atoms with Crippen LogP contribution in [0.1, 0.15) is 284 Å². The molecule has 0 radical (unpaired) electrons. The summed E-state index contributed by atoms with van der Waals surface area (Å²) in [5.74, 6) is -0.320. The van der Waals surface area contributed by atoms with Crippen molar-refractivity contribution < 1.29 is 20.1 Å². The third-order valence-corrected chi connectivity index (χ3v) is 12.2. The summed E-state index contributed by atoms with van der Waals surface area (Å²) in [6.45, 7) is 4.23. The molecule has 344 valence electrons. The molecular formula is C53H103NO4. The monoisotopic (exact) mass is 818 g/mol. The van der Waals surface area contributed by atoms with Gasteiger partial charge in [0.1, 0.15) is 0 Å². The predicted octanol–water partition coefficient (Wildman–Crippen LogP) is 15.7. The van der Waals surface area contributed by atoms with E-state index >= 15 is 0 Å². The van der Waals surface area contributed by atoms with Crippen LogP contribution in [0.15, 0.2) is 24.3 Å². The third-order valence-electron chi connectivity index (χ3n) is 12.2. The van der Waals surface area contributed by atoms with E-state index in [9.17, 15) is 20.1 Å². The second kappa shape index (κ2) is 48.5. The van der Waals surface area contributed by atoms with Gasteiger partial charge in [0, 0.05) is 0 Å². The van der Waals surface area contributed by atoms with E-state index in [0.29, 0.717) is 6.42 Å². The molecule has 5 nitrogen and oxygen atoms in total. The van der Waals surface area contributed by atoms with Gasteiger partial charge in [0.05, 0.1) is 31.3 Å². The Morgan fingerprint density at radius 3 is 1.10 bits per heavy atom. The Hall–Kier alpha value is -1.17. The van der Waals surface area contributed by atoms with Gasteiger partial charge in [-0.15, -0.1) is 0 Å². The largest absolute Gasteiger partial charge is 0.394 e. The number of unbranched alkanes of at least 4 members (excludes halogenated alkanes) is 37. The lowest BCUT2D eigenvalue weighted by molar-refractivity contribution is -0.124. The van der Waals surface area contributed by atoms with Gasteiger partial charge >= 0.3 is 0 Å². The SMILES string of the molecule is CCCCCCCCCCCCCC/C=C/CC/C=C/C(O)C(CO)NC(=O)CC(O)CCCCCCCCCCCCCCCCCCCCCCCCCCC. The summed E-state index contributed by atoms with van der Waals surface area (Å²) >= 11 is 0. The minimum Gasteiger partial charge on any atom is -0.394 e. The number of carbonyl (C=O) groups excluding carboxylic acids is 1. The zero-order chi connectivity index (χ0) is 42.3. The highest BCUT2D eigenvalue weighted by atomic mass is 16.3. The van der Waals surface area contributed by atoms with Crippen molar-refractivity contribution in [3.63, 3.8) is 0 Å². The zero-order valence-electron chi connectivity index (χ0n) is 39.2. The van der Waals surface area contributed by atoms with E-state index in [1.165, 1.54) is 225 Å². The van der Waals surface area contributed by atoms with Crippen LogP contribution in [0.2, 0.25) is 0 Å². The minimum atomic E-state index is -0.949. The topological polar surface area (TPSA) is 89.8 Å². The van der Waals surface area contributed by atoms with Crippen molar-refractivity contribution in [2.24, 2.45) is 0 Å². The highest BCUT2D eigenvalue weighted by Crippen LogP contribution is 2.17. The van der Waals surface area contributed by atoms with Crippen LogP contribution in [0.5, 0.6) is 0 Å². The maximum Gasteiger partial charge on any atom is 0.222 e. The molecule has 3 unspecified atom stereocenters. The molecule has 3 atom stereocenters. The number of allylic oxidation sites excluding steroid dienone is 3. The molecule has 0 aliphatic carbocycles. The summed E-state index contributed by atoms with van der Waals surface area (Å²) in [7, 11) is 0. The first kappa shape index (κ1) is 56.8. The quantitative estimate of drug-likeness (QED) is 0.0364. The van der Waals surface area contributed by atoms with Gasteiger partial charge in [-0.25, -0.2) is 0 Å². The first-order valence-electron chi connectivity index (χ1n) is 26.1. The van der Waals surface area contributed by atoms with Crippen molar-refractivity contribution in [3.05, 3.63) is 24.3 Å². The van der Waals surface area contributed by atoms with E-state index < -0.39 is 18.2 Å². The van der Waals surface area contributed by atoms with Crippen LogP contribution in [0.4, 0.5) is 0 Å². The number of amides is 1. The first-order valence-corrected chi connectivity index (χ1v) is 26.1. The van der Waals surface area contributed by atoms with E-state index in [2.05, 4.69) is 31.3 Å². The Morgan fingerprint density at radius 1 is 0.431 bits per heavy atom. The molecule has 0 aromatic heterocycles. The molecule has 0 aromatic carbocycles. The molecule has 0 fully saturated rings. The predicted molar refractivity (Wildman–Crippen MR) is 255 cm³/mol. The van der Waals surface area contributed by atoms with Crippen LogP contribution in [0.25, 0.3) is 0 Å². The number of rotatable bonds is 48. The second-order valence-corrected chi connectivity index (χ2v) is 18.1. The van der Waals surface area contributed by atoms with Crippen LogP contribution < -0.4 is 5.32 Å². The summed E-state index contributed by atoms with van der Waals surface area (Å²) in [4.78, 5) is 12.5. The average molecular weight is 818 g/mol. The van der Waals surface area contributed by atoms with Gasteiger partial charge in [0.2, 0.25) is 5.91 Å². The van der Waals surface area contributed by atoms with Gasteiger partial charge in [-0.05, 0) is 32.1 Å². The Labute approximate surface area is 362 Å². The molecule has 1 amide bonds. The fraction of sp³-hybridized carbons (Fsp3) is 0.906. The molecule has 5 heteroatoms. The van der Waals surface area contributed by atoms with Crippen LogP contribution in [-0.2, 0) is 4.79 Å². The molecular weight excluding hydrogens is 715 g/mol. The van der Waals surface area contributed by atoms with Crippen LogP contribution in [0.3, 0.4) is 0 Å². The Bertz CT molecular complexity index is 859. The highest BCUT2D eigenvalue weighted by Gasteiger charge is 2.20. The molecule has 0 aliphatic heterocycles. The minimum absolute atomic E-state index is 0.0102. The fourth-order valence-electron chi connectivity index (χ4n) is 8.24. The lowest BCUT2D eigenvalue weighted by Crippen LogP contribution is -2.45. The van der Waals surface area contributed by atoms with E-state index in [1.54, 1.807) is 6.08 Å². The molecule has 0 saturated heterocycles. The molecule has 0 spiro atoms. The molecule has 0 aromatic rings. The molecule has 4 N–H and O–H groups in total. The maximum absolute atomic E-state index is 12.5. The summed E-state index contributed by atoms with van der Waals surface area (Å²) in [6, 6.07) is -0.758. The smallest absolute Gasteiger partial charge is 0.222 e. The lowest BCUT2D eigenvalue weighted by atomic mass is 10.0. The van der Waals surface area contributed by atoms with Crippen molar-refractivity contribution in [3.8, 4) is 0 Å². The normalized spacial score (nSPS) is 13.5. The molecule has 0 rings (SSSR count). The summed E-state index contributed by atoms with van der Waals surface area (Å²) in [5, 5.41) is 33.3. The zero-order valence-corrected chi connectivity index (χ0v) is 39.2. The summed E-state index contributed by atoms with van der Waals surface area (Å²) in [6.07, 6.45) is 60.7. The van der Waals surface area contributed by atoms with E-state index in [0.717, 1.165) is 32.1 Å². The molecule has 0 saturated carbocycles. The number of aliphatic hydroxyl groups excluding tert-OH is 3. The van der Waals surface area contributed by atoms with Gasteiger partial charge in [-0.2, -0.15) is 0 Å². The van der Waals surface area contributed by atoms with E-state index in [4.69, 9.17) is 0 Å². The molecule has 58 heavy (non-hydrogen) atoms. The number of hydrogen-bond acceptors (Lipinski definition) is 4. The van der Waals surface area contributed by atoms with Crippen LogP contribution in [-0.4, -0.2) is 46.1 Å². The van der Waals surface area contributed by atoms with Crippen LogP contribution >= 0.6 is 0 Å². The first-order chi connectivity index (χ1) is 28.5. The van der Waals surface area contributed by atoms with Gasteiger partial charge in [0.25, 0.3) is 0 Å². The molecule has 0 heterocycles. The van der Waals surface area contributed by atoms with Gasteiger partial charge in [-0.3, -0.25) is 4.79 Å². The average Bonchev–Trinajstić information content (AvgIpc) is 3.22. The Balaban J connectivity index is 3.58. The Morgan fingerprint density at radius 2 is 0.741 bits per heavy atom. The van der Waals surface area contributed by atoms with Gasteiger partial charge in [0.15, 0.2) is 0 Å². The number of nitrogens with one attached hydrogen (secondary N) is 1. The van der Waals surface area contributed by atoms with Crippen molar-refractivity contribution in [1.82, 2.24) is 5.32 Å². The fourth-order valence-corrected chi connectivity index (χ4v) is 8.24. The molecule has 0 aliphatic rings. The number of aliphatic hydroxyl groups is 3. The van der Waals surface area contributed by atoms with Crippen LogP contribution in [0, 0.1) is 0 Å². The highest BCUT2D eigenvalue weighted by molar-refractivity contribution is 5.76. The second-order valence-electron chi connectivity index (χ2n) is 18.1. The number of hydrogen-bond donors (Lipinski definition) is 4. The number of carbonyl (C=O) groups is 1. The van der Waals surface area contributed by atoms with E-state index in [-0.39, 0.29) is 18.9 Å². The summed E-state index contributed by atoms with van der Waals surface area (Å²) in [5.41, 5.74) is 0. The van der Waals surface area contributed by atoms with Gasteiger partial charge < -0.3 is 20.6 Å². The third kappa shape index (κ3) is 44.4. The van der Waals surface area contributed by atoms with Crippen molar-refractivity contribution in [2.75, 3.05) is 6.61 Å². The Kier molecular flexibility index (Phi) is 47.5. The lowest BCUT2D eigenvalue weighted by Gasteiger charge is -2.21. The molecule has 0 bridgehead atoms. The van der Waals surface area contributed by atoms with Gasteiger partial charge in [-0.1, -0.05) is 269 Å². The maximum atomic E-state index is 12.5. The van der Waals surface area contributed by atoms with Crippen molar-refractivity contribution in [2.45, 2.75) is 302 Å².